The van der Waals surface area contributed by atoms with Crippen LogP contribution in [-0.4, -0.2) is 26.6 Å². The Bertz CT molecular complexity index is 921. The first-order chi connectivity index (χ1) is 11.7. The molecule has 0 fully saturated rings. The van der Waals surface area contributed by atoms with Crippen LogP contribution in [0.1, 0.15) is 5.56 Å². The van der Waals surface area contributed by atoms with Gasteiger partial charge in [-0.25, -0.2) is 22.0 Å². The maximum atomic E-state index is 13.2. The highest BCUT2D eigenvalue weighted by molar-refractivity contribution is 7.92. The molecule has 0 bridgehead atoms. The quantitative estimate of drug-likeness (QED) is 0.764. The smallest absolute Gasteiger partial charge is 0.328 e. The van der Waals surface area contributed by atoms with Gasteiger partial charge in [-0.1, -0.05) is 6.07 Å². The topological polar surface area (TPSA) is 92.7 Å². The number of benzene rings is 2. The monoisotopic (exact) mass is 369 g/mol. The molecule has 0 amide bonds. The van der Waals surface area contributed by atoms with Crippen LogP contribution in [-0.2, 0) is 14.8 Å². The van der Waals surface area contributed by atoms with Crippen LogP contribution in [0.25, 0.3) is 6.08 Å². The van der Waals surface area contributed by atoms with Gasteiger partial charge in [-0.05, 0) is 35.9 Å². The molecule has 0 aliphatic rings. The summed E-state index contributed by atoms with van der Waals surface area (Å²) in [6.07, 6.45) is 2.04. The van der Waals surface area contributed by atoms with Gasteiger partial charge in [0.2, 0.25) is 0 Å². The van der Waals surface area contributed by atoms with Gasteiger partial charge >= 0.3 is 5.97 Å². The van der Waals surface area contributed by atoms with Crippen molar-refractivity contribution < 1.29 is 31.8 Å². The van der Waals surface area contributed by atoms with Crippen LogP contribution < -0.4 is 9.46 Å². The summed E-state index contributed by atoms with van der Waals surface area (Å²) in [6.45, 7) is 0. The van der Waals surface area contributed by atoms with Gasteiger partial charge in [0.15, 0.2) is 0 Å². The third-order valence-electron chi connectivity index (χ3n) is 3.01. The Kier molecular flexibility index (Phi) is 5.38. The van der Waals surface area contributed by atoms with Crippen molar-refractivity contribution in [3.8, 4) is 5.75 Å². The number of sulfonamides is 1. The summed E-state index contributed by atoms with van der Waals surface area (Å²) in [4.78, 5) is 10.3. The van der Waals surface area contributed by atoms with Gasteiger partial charge in [-0.15, -0.1) is 0 Å². The Morgan fingerprint density at radius 1 is 1.16 bits per heavy atom. The van der Waals surface area contributed by atoms with E-state index in [1.165, 1.54) is 31.4 Å². The number of hydrogen-bond donors (Lipinski definition) is 2. The second-order valence-electron chi connectivity index (χ2n) is 4.85. The van der Waals surface area contributed by atoms with Crippen molar-refractivity contribution in [3.05, 3.63) is 59.7 Å². The average Bonchev–Trinajstić information content (AvgIpc) is 2.51. The number of aliphatic carboxylic acids is 1. The van der Waals surface area contributed by atoms with E-state index in [-0.39, 0.29) is 21.9 Å². The second-order valence-corrected chi connectivity index (χ2v) is 6.50. The number of rotatable bonds is 6. The molecule has 2 N–H and O–H groups in total. The lowest BCUT2D eigenvalue weighted by atomic mass is 10.2. The number of carboxylic acids is 1. The Balaban J connectivity index is 2.46. The van der Waals surface area contributed by atoms with E-state index in [9.17, 15) is 22.0 Å². The number of hydrogen-bond acceptors (Lipinski definition) is 4. The fourth-order valence-corrected chi connectivity index (χ4v) is 3.24. The summed E-state index contributed by atoms with van der Waals surface area (Å²) in [6, 6.07) is 6.22. The molecule has 0 heterocycles. The predicted octanol–water partition coefficient (Wildman–Crippen LogP) is 2.87. The third kappa shape index (κ3) is 4.77. The number of methoxy groups -OCH3 is 1. The predicted molar refractivity (Wildman–Crippen MR) is 86.8 cm³/mol. The number of nitrogens with one attached hydrogen (secondary N) is 1. The highest BCUT2D eigenvalue weighted by Gasteiger charge is 2.20. The fourth-order valence-electron chi connectivity index (χ4n) is 2.00. The Labute approximate surface area is 142 Å². The van der Waals surface area contributed by atoms with E-state index in [0.29, 0.717) is 6.07 Å². The Morgan fingerprint density at radius 3 is 2.36 bits per heavy atom. The van der Waals surface area contributed by atoms with Crippen molar-refractivity contribution in [1.29, 1.82) is 0 Å². The van der Waals surface area contributed by atoms with Crippen LogP contribution in [0.15, 0.2) is 47.4 Å². The first-order valence-corrected chi connectivity index (χ1v) is 8.27. The average molecular weight is 369 g/mol. The van der Waals surface area contributed by atoms with E-state index in [4.69, 9.17) is 9.84 Å². The maximum absolute atomic E-state index is 13.2. The summed E-state index contributed by atoms with van der Waals surface area (Å²) in [5, 5.41) is 8.64. The van der Waals surface area contributed by atoms with Gasteiger partial charge in [0, 0.05) is 12.1 Å². The zero-order valence-electron chi connectivity index (χ0n) is 12.9. The van der Waals surface area contributed by atoms with E-state index in [2.05, 4.69) is 4.72 Å². The highest BCUT2D eigenvalue weighted by Crippen LogP contribution is 2.28. The van der Waals surface area contributed by atoms with E-state index < -0.39 is 27.6 Å². The molecular weight excluding hydrogens is 356 g/mol. The van der Waals surface area contributed by atoms with Crippen molar-refractivity contribution in [2.75, 3.05) is 11.8 Å². The molecule has 0 atom stereocenters. The molecule has 0 saturated carbocycles. The summed E-state index contributed by atoms with van der Waals surface area (Å²) < 4.78 is 58.5. The van der Waals surface area contributed by atoms with Crippen LogP contribution >= 0.6 is 0 Å². The highest BCUT2D eigenvalue weighted by atomic mass is 32.2. The standard InChI is InChI=1S/C16H13F2NO5S/c1-24-14-4-2-10(3-5-16(20)21)6-15(14)25(22,23)19-13-8-11(17)7-12(18)9-13/h2-9,19H,1H3,(H,20,21). The van der Waals surface area contributed by atoms with E-state index >= 15 is 0 Å². The van der Waals surface area contributed by atoms with Crippen LogP contribution in [0, 0.1) is 11.6 Å². The molecular formula is C16H13F2NO5S. The van der Waals surface area contributed by atoms with Gasteiger partial charge in [0.1, 0.15) is 22.3 Å². The van der Waals surface area contributed by atoms with Gasteiger partial charge < -0.3 is 9.84 Å². The molecule has 0 unspecified atom stereocenters. The molecule has 25 heavy (non-hydrogen) atoms. The number of carbonyl (C=O) groups is 1. The first kappa shape index (κ1) is 18.4. The number of ether oxygens (including phenoxy) is 1. The Morgan fingerprint density at radius 2 is 1.80 bits per heavy atom. The fraction of sp³-hybridized carbons (Fsp3) is 0.0625. The lowest BCUT2D eigenvalue weighted by Crippen LogP contribution is -2.14. The lowest BCUT2D eigenvalue weighted by molar-refractivity contribution is -0.131. The van der Waals surface area contributed by atoms with Crippen molar-refractivity contribution in [2.45, 2.75) is 4.90 Å². The summed E-state index contributed by atoms with van der Waals surface area (Å²) in [5.74, 6) is -3.10. The number of carboxylic acid groups (broad SMARTS) is 1. The van der Waals surface area contributed by atoms with Crippen LogP contribution in [0.2, 0.25) is 0 Å². The minimum absolute atomic E-state index is 0.0168. The van der Waals surface area contributed by atoms with Gasteiger partial charge in [-0.2, -0.15) is 0 Å². The molecule has 2 aromatic rings. The summed E-state index contributed by atoms with van der Waals surface area (Å²) in [5.41, 5.74) is -0.0139. The van der Waals surface area contributed by atoms with Gasteiger partial charge in [0.25, 0.3) is 10.0 Å². The Hall–Kier alpha value is -2.94. The maximum Gasteiger partial charge on any atom is 0.328 e. The molecule has 0 saturated heterocycles. The molecule has 132 valence electrons. The number of halogens is 2. The van der Waals surface area contributed by atoms with E-state index in [0.717, 1.165) is 18.2 Å². The number of anilines is 1. The van der Waals surface area contributed by atoms with Crippen LogP contribution in [0.5, 0.6) is 5.75 Å². The van der Waals surface area contributed by atoms with Crippen molar-refractivity contribution in [2.24, 2.45) is 0 Å². The third-order valence-corrected chi connectivity index (χ3v) is 4.41. The van der Waals surface area contributed by atoms with Crippen molar-refractivity contribution in [3.63, 3.8) is 0 Å². The van der Waals surface area contributed by atoms with Crippen LogP contribution in [0.3, 0.4) is 0 Å². The first-order valence-electron chi connectivity index (χ1n) is 6.79. The van der Waals surface area contributed by atoms with Crippen LogP contribution in [0.4, 0.5) is 14.5 Å². The zero-order valence-corrected chi connectivity index (χ0v) is 13.7. The van der Waals surface area contributed by atoms with E-state index in [1.807, 2.05) is 0 Å². The molecule has 9 heteroatoms. The second kappa shape index (κ2) is 7.31. The molecule has 0 spiro atoms. The minimum Gasteiger partial charge on any atom is -0.495 e. The van der Waals surface area contributed by atoms with Crippen molar-refractivity contribution in [1.82, 2.24) is 0 Å². The molecule has 0 radical (unpaired) electrons. The van der Waals surface area contributed by atoms with Crippen molar-refractivity contribution >= 4 is 27.8 Å². The van der Waals surface area contributed by atoms with Gasteiger partial charge in [0.05, 0.1) is 12.8 Å². The molecule has 0 aromatic heterocycles. The molecule has 0 aliphatic heterocycles. The SMILES string of the molecule is COc1ccc(C=CC(=O)O)cc1S(=O)(=O)Nc1cc(F)cc(F)c1. The molecule has 0 aliphatic carbocycles. The molecule has 6 nitrogen and oxygen atoms in total. The largest absolute Gasteiger partial charge is 0.495 e. The summed E-state index contributed by atoms with van der Waals surface area (Å²) >= 11 is 0. The minimum atomic E-state index is -4.24. The lowest BCUT2D eigenvalue weighted by Gasteiger charge is -2.12. The molecule has 2 aromatic carbocycles. The van der Waals surface area contributed by atoms with E-state index in [1.54, 1.807) is 0 Å². The molecule has 2 rings (SSSR count). The van der Waals surface area contributed by atoms with Gasteiger partial charge in [-0.3, -0.25) is 4.72 Å². The normalized spacial score (nSPS) is 11.5. The summed E-state index contributed by atoms with van der Waals surface area (Å²) in [7, 11) is -2.99. The zero-order chi connectivity index (χ0) is 18.6.